The summed E-state index contributed by atoms with van der Waals surface area (Å²) in [4.78, 5) is 17.7. The van der Waals surface area contributed by atoms with Crippen LogP contribution in [0.25, 0.3) is 0 Å². The van der Waals surface area contributed by atoms with Crippen LogP contribution in [0.5, 0.6) is 5.75 Å². The van der Waals surface area contributed by atoms with E-state index in [0.29, 0.717) is 18.0 Å². The molecule has 1 heterocycles. The zero-order valence-corrected chi connectivity index (χ0v) is 10.2. The summed E-state index contributed by atoms with van der Waals surface area (Å²) < 4.78 is 18.4. The van der Waals surface area contributed by atoms with Crippen molar-refractivity contribution >= 4 is 0 Å². The molecule has 1 aromatic heterocycles. The van der Waals surface area contributed by atoms with Crippen LogP contribution in [0.2, 0.25) is 0 Å². The number of benzene rings is 1. The van der Waals surface area contributed by atoms with Crippen molar-refractivity contribution in [3.63, 3.8) is 0 Å². The van der Waals surface area contributed by atoms with E-state index in [9.17, 15) is 9.18 Å². The number of aromatic amines is 1. The molecule has 0 bridgehead atoms. The molecule has 2 aromatic rings. The van der Waals surface area contributed by atoms with Gasteiger partial charge in [-0.1, -0.05) is 18.2 Å². The number of aryl methyl sites for hydroxylation is 1. The van der Waals surface area contributed by atoms with Gasteiger partial charge in [0.1, 0.15) is 11.6 Å². The van der Waals surface area contributed by atoms with E-state index in [1.165, 1.54) is 6.92 Å². The predicted octanol–water partition coefficient (Wildman–Crippen LogP) is 1.82. The smallest absolute Gasteiger partial charge is 0.287 e. The second-order valence-corrected chi connectivity index (χ2v) is 3.90. The molecule has 0 atom stereocenters. The van der Waals surface area contributed by atoms with E-state index in [1.807, 2.05) is 24.3 Å². The molecule has 0 aliphatic rings. The van der Waals surface area contributed by atoms with Crippen LogP contribution in [0.4, 0.5) is 4.39 Å². The van der Waals surface area contributed by atoms with Gasteiger partial charge in [-0.05, 0) is 13.0 Å². The molecule has 0 saturated carbocycles. The van der Waals surface area contributed by atoms with Crippen LogP contribution < -0.4 is 10.3 Å². The van der Waals surface area contributed by atoms with Crippen molar-refractivity contribution in [2.24, 2.45) is 0 Å². The molecule has 18 heavy (non-hydrogen) atoms. The van der Waals surface area contributed by atoms with Gasteiger partial charge in [0, 0.05) is 12.0 Å². The van der Waals surface area contributed by atoms with E-state index < -0.39 is 11.4 Å². The van der Waals surface area contributed by atoms with Gasteiger partial charge in [0.2, 0.25) is 5.82 Å². The fraction of sp³-hybridized carbons (Fsp3) is 0.231. The van der Waals surface area contributed by atoms with Gasteiger partial charge in [-0.3, -0.25) is 4.79 Å². The Bertz CT molecular complexity index is 623. The topological polar surface area (TPSA) is 55.0 Å². The van der Waals surface area contributed by atoms with Gasteiger partial charge in [-0.15, -0.1) is 0 Å². The summed E-state index contributed by atoms with van der Waals surface area (Å²) in [5.74, 6) is 0.296. The Kier molecular flexibility index (Phi) is 3.41. The van der Waals surface area contributed by atoms with Crippen molar-refractivity contribution < 1.29 is 9.13 Å². The Morgan fingerprint density at radius 3 is 2.78 bits per heavy atom. The van der Waals surface area contributed by atoms with Crippen LogP contribution in [0.3, 0.4) is 0 Å². The lowest BCUT2D eigenvalue weighted by molar-refractivity contribution is 0.410. The van der Waals surface area contributed by atoms with Crippen molar-refractivity contribution in [2.45, 2.75) is 13.3 Å². The van der Waals surface area contributed by atoms with Crippen molar-refractivity contribution in [3.8, 4) is 5.75 Å². The SMILES string of the molecule is COc1ccccc1Cc1nc(C)c(F)c(=O)[nH]1. The normalized spacial score (nSPS) is 10.4. The van der Waals surface area contributed by atoms with Gasteiger partial charge < -0.3 is 9.72 Å². The standard InChI is InChI=1S/C13H13FN2O2/c1-8-12(14)13(17)16-11(15-8)7-9-5-3-4-6-10(9)18-2/h3-6H,7H2,1-2H3,(H,15,16,17). The maximum Gasteiger partial charge on any atom is 0.287 e. The highest BCUT2D eigenvalue weighted by molar-refractivity contribution is 5.35. The van der Waals surface area contributed by atoms with Crippen molar-refractivity contribution in [3.05, 3.63) is 57.5 Å². The first kappa shape index (κ1) is 12.3. The first-order valence-electron chi connectivity index (χ1n) is 5.49. The number of ether oxygens (including phenoxy) is 1. The highest BCUT2D eigenvalue weighted by Crippen LogP contribution is 2.19. The highest BCUT2D eigenvalue weighted by Gasteiger charge is 2.09. The van der Waals surface area contributed by atoms with Crippen LogP contribution in [-0.2, 0) is 6.42 Å². The lowest BCUT2D eigenvalue weighted by atomic mass is 10.1. The van der Waals surface area contributed by atoms with Gasteiger partial charge >= 0.3 is 0 Å². The summed E-state index contributed by atoms with van der Waals surface area (Å²) in [6.45, 7) is 1.47. The third kappa shape index (κ3) is 2.40. The van der Waals surface area contributed by atoms with E-state index in [1.54, 1.807) is 7.11 Å². The molecule has 5 heteroatoms. The average Bonchev–Trinajstić information content (AvgIpc) is 2.36. The van der Waals surface area contributed by atoms with Crippen LogP contribution in [0.15, 0.2) is 29.1 Å². The summed E-state index contributed by atoms with van der Waals surface area (Å²) in [5.41, 5.74) is 0.241. The number of hydrogen-bond acceptors (Lipinski definition) is 3. The van der Waals surface area contributed by atoms with Gasteiger partial charge in [-0.2, -0.15) is 4.39 Å². The zero-order chi connectivity index (χ0) is 13.1. The summed E-state index contributed by atoms with van der Waals surface area (Å²) in [6.07, 6.45) is 0.389. The fourth-order valence-electron chi connectivity index (χ4n) is 1.74. The third-order valence-corrected chi connectivity index (χ3v) is 2.63. The summed E-state index contributed by atoms with van der Waals surface area (Å²) >= 11 is 0. The minimum atomic E-state index is -0.834. The Labute approximate surface area is 103 Å². The largest absolute Gasteiger partial charge is 0.496 e. The molecule has 2 rings (SSSR count). The molecular formula is C13H13FN2O2. The van der Waals surface area contributed by atoms with Crippen LogP contribution in [0.1, 0.15) is 17.1 Å². The minimum absolute atomic E-state index is 0.101. The van der Waals surface area contributed by atoms with Gasteiger partial charge in [0.25, 0.3) is 5.56 Å². The number of nitrogens with one attached hydrogen (secondary N) is 1. The molecule has 0 saturated heterocycles. The Morgan fingerprint density at radius 2 is 2.11 bits per heavy atom. The zero-order valence-electron chi connectivity index (χ0n) is 10.2. The second-order valence-electron chi connectivity index (χ2n) is 3.90. The number of rotatable bonds is 3. The number of nitrogens with zero attached hydrogens (tertiary/aromatic N) is 1. The Balaban J connectivity index is 2.37. The van der Waals surface area contributed by atoms with E-state index in [4.69, 9.17) is 4.74 Å². The second kappa shape index (κ2) is 5.00. The lowest BCUT2D eigenvalue weighted by Crippen LogP contribution is -2.17. The highest BCUT2D eigenvalue weighted by atomic mass is 19.1. The molecule has 0 fully saturated rings. The molecule has 0 radical (unpaired) electrons. The first-order chi connectivity index (χ1) is 8.61. The molecule has 1 aromatic carbocycles. The molecule has 94 valence electrons. The molecule has 0 aliphatic heterocycles. The van der Waals surface area contributed by atoms with E-state index >= 15 is 0 Å². The number of halogens is 1. The van der Waals surface area contributed by atoms with E-state index in [2.05, 4.69) is 9.97 Å². The monoisotopic (exact) mass is 248 g/mol. The number of H-pyrrole nitrogens is 1. The number of methoxy groups -OCH3 is 1. The van der Waals surface area contributed by atoms with Crippen LogP contribution in [-0.4, -0.2) is 17.1 Å². The van der Waals surface area contributed by atoms with Crippen molar-refractivity contribution in [1.29, 1.82) is 0 Å². The fourth-order valence-corrected chi connectivity index (χ4v) is 1.74. The van der Waals surface area contributed by atoms with Gasteiger partial charge in [0.15, 0.2) is 0 Å². The number of hydrogen-bond donors (Lipinski definition) is 1. The lowest BCUT2D eigenvalue weighted by Gasteiger charge is -2.08. The first-order valence-corrected chi connectivity index (χ1v) is 5.49. The predicted molar refractivity (Wildman–Crippen MR) is 65.4 cm³/mol. The van der Waals surface area contributed by atoms with Crippen LogP contribution in [0, 0.1) is 12.7 Å². The van der Waals surface area contributed by atoms with E-state index in [-0.39, 0.29) is 5.69 Å². The number of para-hydroxylation sites is 1. The molecule has 0 spiro atoms. The maximum atomic E-state index is 13.2. The average molecular weight is 248 g/mol. The quantitative estimate of drug-likeness (QED) is 0.901. The third-order valence-electron chi connectivity index (χ3n) is 2.63. The summed E-state index contributed by atoms with van der Waals surface area (Å²) in [6, 6.07) is 7.42. The molecular weight excluding hydrogens is 235 g/mol. The van der Waals surface area contributed by atoms with E-state index in [0.717, 1.165) is 5.56 Å². The minimum Gasteiger partial charge on any atom is -0.496 e. The Morgan fingerprint density at radius 1 is 1.39 bits per heavy atom. The summed E-state index contributed by atoms with van der Waals surface area (Å²) in [5, 5.41) is 0. The number of aromatic nitrogens is 2. The van der Waals surface area contributed by atoms with Crippen molar-refractivity contribution in [1.82, 2.24) is 9.97 Å². The van der Waals surface area contributed by atoms with Gasteiger partial charge in [0.05, 0.1) is 12.8 Å². The molecule has 0 aliphatic carbocycles. The molecule has 1 N–H and O–H groups in total. The van der Waals surface area contributed by atoms with Crippen LogP contribution >= 0.6 is 0 Å². The maximum absolute atomic E-state index is 13.2. The molecule has 4 nitrogen and oxygen atoms in total. The Hall–Kier alpha value is -2.17. The summed E-state index contributed by atoms with van der Waals surface area (Å²) in [7, 11) is 1.57. The molecule has 0 unspecified atom stereocenters. The van der Waals surface area contributed by atoms with Crippen molar-refractivity contribution in [2.75, 3.05) is 7.11 Å². The molecule has 0 amide bonds. The van der Waals surface area contributed by atoms with Gasteiger partial charge in [-0.25, -0.2) is 4.98 Å².